The molecule has 2 aromatic rings. The fourth-order valence-corrected chi connectivity index (χ4v) is 3.97. The number of hydrogen-bond donors (Lipinski definition) is 1. The number of rotatable bonds is 6. The van der Waals surface area contributed by atoms with E-state index in [0.29, 0.717) is 5.25 Å². The first kappa shape index (κ1) is 14.8. The molecule has 1 aromatic carbocycles. The van der Waals surface area contributed by atoms with Crippen LogP contribution in [0.2, 0.25) is 0 Å². The zero-order valence-corrected chi connectivity index (χ0v) is 13.7. The Labute approximate surface area is 124 Å². The molecular weight excluding hydrogens is 272 g/mol. The van der Waals surface area contributed by atoms with Crippen molar-refractivity contribution in [3.8, 4) is 0 Å². The van der Waals surface area contributed by atoms with Crippen LogP contribution in [0, 0.1) is 0 Å². The van der Waals surface area contributed by atoms with E-state index in [1.54, 1.807) is 11.3 Å². The molecule has 0 radical (unpaired) electrons. The van der Waals surface area contributed by atoms with Gasteiger partial charge in [-0.3, -0.25) is 0 Å². The molecule has 2 rings (SSSR count). The molecule has 0 amide bonds. The van der Waals surface area contributed by atoms with Crippen LogP contribution in [0.25, 0.3) is 10.2 Å². The van der Waals surface area contributed by atoms with E-state index >= 15 is 0 Å². The Kier molecular flexibility index (Phi) is 4.87. The van der Waals surface area contributed by atoms with E-state index < -0.39 is 0 Å². The highest BCUT2D eigenvalue weighted by Crippen LogP contribution is 2.31. The third-order valence-electron chi connectivity index (χ3n) is 3.33. The molecule has 0 fully saturated rings. The van der Waals surface area contributed by atoms with Crippen molar-refractivity contribution in [3.63, 3.8) is 0 Å². The molecule has 1 atom stereocenters. The van der Waals surface area contributed by atoms with E-state index in [1.807, 2.05) is 17.8 Å². The highest BCUT2D eigenvalue weighted by Gasteiger charge is 2.16. The summed E-state index contributed by atoms with van der Waals surface area (Å²) in [6.45, 7) is 10.00. The summed E-state index contributed by atoms with van der Waals surface area (Å²) in [5, 5.41) is 4.15. The van der Waals surface area contributed by atoms with Gasteiger partial charge in [0.05, 0.1) is 10.2 Å². The lowest BCUT2D eigenvalue weighted by Crippen LogP contribution is -2.41. The summed E-state index contributed by atoms with van der Waals surface area (Å²) in [6.07, 6.45) is 1.14. The van der Waals surface area contributed by atoms with Crippen LogP contribution in [0.1, 0.15) is 34.1 Å². The first-order valence-electron chi connectivity index (χ1n) is 6.77. The minimum absolute atomic E-state index is 0.225. The Bertz CT molecular complexity index is 501. The summed E-state index contributed by atoms with van der Waals surface area (Å²) in [5.41, 5.74) is 1.34. The topological polar surface area (TPSA) is 24.9 Å². The number of nitrogens with one attached hydrogen (secondary N) is 1. The standard InChI is InChI=1S/C15H22N2S2/c1-5-15(3,4)16-10-11(2)18-14-17-12-8-6-7-9-13(12)19-14/h6-9,11,16H,5,10H2,1-4H3. The van der Waals surface area contributed by atoms with Crippen molar-refractivity contribution in [3.05, 3.63) is 24.3 Å². The van der Waals surface area contributed by atoms with Crippen molar-refractivity contribution in [1.29, 1.82) is 0 Å². The van der Waals surface area contributed by atoms with Gasteiger partial charge in [-0.25, -0.2) is 4.98 Å². The number of para-hydroxylation sites is 1. The molecule has 19 heavy (non-hydrogen) atoms. The Morgan fingerprint density at radius 3 is 2.79 bits per heavy atom. The molecule has 0 aliphatic rings. The molecule has 1 unspecified atom stereocenters. The summed E-state index contributed by atoms with van der Waals surface area (Å²) in [5.74, 6) is 0. The zero-order valence-electron chi connectivity index (χ0n) is 12.1. The third kappa shape index (κ3) is 4.20. The summed E-state index contributed by atoms with van der Waals surface area (Å²) in [6, 6.07) is 8.34. The first-order valence-corrected chi connectivity index (χ1v) is 8.47. The zero-order chi connectivity index (χ0) is 13.9. The van der Waals surface area contributed by atoms with Crippen LogP contribution >= 0.6 is 23.1 Å². The number of hydrogen-bond acceptors (Lipinski definition) is 4. The molecule has 0 spiro atoms. The summed E-state index contributed by atoms with van der Waals surface area (Å²) < 4.78 is 2.45. The molecule has 0 saturated carbocycles. The normalized spacial score (nSPS) is 13.9. The van der Waals surface area contributed by atoms with E-state index in [1.165, 1.54) is 9.04 Å². The molecule has 0 bridgehead atoms. The van der Waals surface area contributed by atoms with Gasteiger partial charge in [0.1, 0.15) is 0 Å². The van der Waals surface area contributed by atoms with E-state index in [2.05, 4.69) is 56.2 Å². The second-order valence-corrected chi connectivity index (χ2v) is 8.21. The number of fused-ring (bicyclic) bond motifs is 1. The Morgan fingerprint density at radius 2 is 2.11 bits per heavy atom. The number of benzene rings is 1. The van der Waals surface area contributed by atoms with Crippen LogP contribution in [0.3, 0.4) is 0 Å². The minimum Gasteiger partial charge on any atom is -0.311 e. The molecule has 0 saturated heterocycles. The predicted octanol–water partition coefficient (Wildman–Crippen LogP) is 4.56. The van der Waals surface area contributed by atoms with Crippen LogP contribution in [-0.4, -0.2) is 22.3 Å². The van der Waals surface area contributed by atoms with Crippen molar-refractivity contribution in [2.24, 2.45) is 0 Å². The smallest absolute Gasteiger partial charge is 0.151 e. The highest BCUT2D eigenvalue weighted by molar-refractivity contribution is 8.01. The average Bonchev–Trinajstić information content (AvgIpc) is 2.78. The molecule has 2 nitrogen and oxygen atoms in total. The molecule has 4 heteroatoms. The third-order valence-corrected chi connectivity index (χ3v) is 5.56. The van der Waals surface area contributed by atoms with Crippen molar-refractivity contribution in [2.45, 2.75) is 49.2 Å². The van der Waals surface area contributed by atoms with Crippen LogP contribution in [0.4, 0.5) is 0 Å². The van der Waals surface area contributed by atoms with Gasteiger partial charge < -0.3 is 5.32 Å². The van der Waals surface area contributed by atoms with Crippen LogP contribution in [0.15, 0.2) is 28.6 Å². The summed E-state index contributed by atoms with van der Waals surface area (Å²) in [7, 11) is 0. The van der Waals surface area contributed by atoms with Gasteiger partial charge in [-0.15, -0.1) is 11.3 Å². The molecule has 0 aliphatic carbocycles. The van der Waals surface area contributed by atoms with Crippen LogP contribution < -0.4 is 5.32 Å². The Morgan fingerprint density at radius 1 is 1.37 bits per heavy atom. The number of thiazole rings is 1. The van der Waals surface area contributed by atoms with Crippen LogP contribution in [0.5, 0.6) is 0 Å². The van der Waals surface area contributed by atoms with Crippen molar-refractivity contribution in [2.75, 3.05) is 6.54 Å². The average molecular weight is 294 g/mol. The van der Waals surface area contributed by atoms with Crippen LogP contribution in [-0.2, 0) is 0 Å². The van der Waals surface area contributed by atoms with Gasteiger partial charge in [-0.05, 0) is 32.4 Å². The lowest BCUT2D eigenvalue weighted by Gasteiger charge is -2.26. The molecule has 1 heterocycles. The minimum atomic E-state index is 0.225. The molecular formula is C15H22N2S2. The highest BCUT2D eigenvalue weighted by atomic mass is 32.2. The first-order chi connectivity index (χ1) is 9.00. The Hall–Kier alpha value is -0.580. The van der Waals surface area contributed by atoms with Gasteiger partial charge in [0.2, 0.25) is 0 Å². The quantitative estimate of drug-likeness (QED) is 0.791. The number of aromatic nitrogens is 1. The van der Waals surface area contributed by atoms with Gasteiger partial charge in [0.15, 0.2) is 4.34 Å². The maximum atomic E-state index is 4.67. The Balaban J connectivity index is 1.93. The molecule has 1 aromatic heterocycles. The van der Waals surface area contributed by atoms with Gasteiger partial charge in [-0.1, -0.05) is 37.7 Å². The monoisotopic (exact) mass is 294 g/mol. The van der Waals surface area contributed by atoms with E-state index in [4.69, 9.17) is 0 Å². The molecule has 1 N–H and O–H groups in total. The predicted molar refractivity (Wildman–Crippen MR) is 87.3 cm³/mol. The second kappa shape index (κ2) is 6.25. The summed E-state index contributed by atoms with van der Waals surface area (Å²) in [4.78, 5) is 4.67. The van der Waals surface area contributed by atoms with E-state index in [9.17, 15) is 0 Å². The SMILES string of the molecule is CCC(C)(C)NCC(C)Sc1nc2ccccc2s1. The van der Waals surface area contributed by atoms with E-state index in [-0.39, 0.29) is 5.54 Å². The van der Waals surface area contributed by atoms with Gasteiger partial charge >= 0.3 is 0 Å². The lowest BCUT2D eigenvalue weighted by atomic mass is 10.0. The van der Waals surface area contributed by atoms with Crippen molar-refractivity contribution in [1.82, 2.24) is 10.3 Å². The fourth-order valence-electron chi connectivity index (χ4n) is 1.66. The maximum absolute atomic E-state index is 4.67. The second-order valence-electron chi connectivity index (χ2n) is 5.49. The summed E-state index contributed by atoms with van der Waals surface area (Å²) >= 11 is 3.65. The lowest BCUT2D eigenvalue weighted by molar-refractivity contribution is 0.379. The number of thioether (sulfide) groups is 1. The molecule has 0 aliphatic heterocycles. The van der Waals surface area contributed by atoms with Crippen molar-refractivity contribution >= 4 is 33.3 Å². The maximum Gasteiger partial charge on any atom is 0.151 e. The molecule has 104 valence electrons. The number of nitrogens with zero attached hydrogens (tertiary/aromatic N) is 1. The van der Waals surface area contributed by atoms with Gasteiger partial charge in [-0.2, -0.15) is 0 Å². The fraction of sp³-hybridized carbons (Fsp3) is 0.533. The van der Waals surface area contributed by atoms with Gasteiger partial charge in [0.25, 0.3) is 0 Å². The van der Waals surface area contributed by atoms with Gasteiger partial charge in [0, 0.05) is 17.3 Å². The van der Waals surface area contributed by atoms with E-state index in [0.717, 1.165) is 18.5 Å². The largest absolute Gasteiger partial charge is 0.311 e. The van der Waals surface area contributed by atoms with Crippen molar-refractivity contribution < 1.29 is 0 Å².